The second-order valence-electron chi connectivity index (χ2n) is 6.70. The highest BCUT2D eigenvalue weighted by Crippen LogP contribution is 2.28. The lowest BCUT2D eigenvalue weighted by Gasteiger charge is -2.09. The third-order valence-electron chi connectivity index (χ3n) is 4.70. The van der Waals surface area contributed by atoms with E-state index < -0.39 is 5.82 Å². The number of aromatic amines is 1. The second-order valence-corrected chi connectivity index (χ2v) is 7.88. The first kappa shape index (κ1) is 18.7. The van der Waals surface area contributed by atoms with Gasteiger partial charge in [-0.15, -0.1) is 0 Å². The van der Waals surface area contributed by atoms with Crippen LogP contribution in [0.25, 0.3) is 22.0 Å². The maximum Gasteiger partial charge on any atom is 0.251 e. The number of aromatic nitrogens is 1. The minimum Gasteiger partial charge on any atom is -0.385 e. The standard InChI is InChI=1S/C22H18ClFN2OS/c1-13-11-28-12-19(13)14-3-2-4-18(9-14)25-6-5-15-7-16-8-17(23)10-20(24)21(16)26-22(15)27/h2-4,7-12,25H,5-6H2,1H3,(H,26,27). The van der Waals surface area contributed by atoms with Crippen LogP contribution in [0.2, 0.25) is 5.02 Å². The van der Waals surface area contributed by atoms with Crippen LogP contribution in [0.15, 0.2) is 58.0 Å². The summed E-state index contributed by atoms with van der Waals surface area (Å²) in [6.45, 7) is 2.69. The predicted molar refractivity (Wildman–Crippen MR) is 116 cm³/mol. The summed E-state index contributed by atoms with van der Waals surface area (Å²) in [6, 6.07) is 12.8. The highest BCUT2D eigenvalue weighted by Gasteiger charge is 2.09. The Kier molecular flexibility index (Phi) is 5.20. The van der Waals surface area contributed by atoms with E-state index in [1.807, 2.05) is 12.1 Å². The number of fused-ring (bicyclic) bond motifs is 1. The van der Waals surface area contributed by atoms with Crippen molar-refractivity contribution in [1.29, 1.82) is 0 Å². The van der Waals surface area contributed by atoms with Crippen LogP contribution in [0, 0.1) is 12.7 Å². The normalized spacial score (nSPS) is 11.1. The molecule has 2 aromatic heterocycles. The SMILES string of the molecule is Cc1cscc1-c1cccc(NCCc2cc3cc(Cl)cc(F)c3[nH]c2=O)c1. The number of rotatable bonds is 5. The fraction of sp³-hybridized carbons (Fsp3) is 0.136. The number of pyridine rings is 1. The molecule has 0 amide bonds. The van der Waals surface area contributed by atoms with E-state index in [-0.39, 0.29) is 11.1 Å². The van der Waals surface area contributed by atoms with Gasteiger partial charge in [0, 0.05) is 28.2 Å². The number of nitrogens with one attached hydrogen (secondary N) is 2. The average Bonchev–Trinajstić information content (AvgIpc) is 3.09. The Morgan fingerprint density at radius 3 is 2.82 bits per heavy atom. The number of hydrogen-bond acceptors (Lipinski definition) is 3. The van der Waals surface area contributed by atoms with Gasteiger partial charge in [0.25, 0.3) is 5.56 Å². The van der Waals surface area contributed by atoms with Gasteiger partial charge in [-0.1, -0.05) is 23.7 Å². The molecule has 2 aromatic carbocycles. The maximum absolute atomic E-state index is 13.9. The molecular formula is C22H18ClFN2OS. The summed E-state index contributed by atoms with van der Waals surface area (Å²) in [4.78, 5) is 14.9. The molecule has 0 aliphatic heterocycles. The molecule has 0 spiro atoms. The molecule has 0 fully saturated rings. The first-order valence-corrected chi connectivity index (χ1v) is 10.2. The van der Waals surface area contributed by atoms with E-state index in [0.717, 1.165) is 11.3 Å². The van der Waals surface area contributed by atoms with E-state index in [0.29, 0.717) is 28.9 Å². The molecule has 3 nitrogen and oxygen atoms in total. The summed E-state index contributed by atoms with van der Waals surface area (Å²) in [5.74, 6) is -0.523. The molecule has 0 saturated carbocycles. The largest absolute Gasteiger partial charge is 0.385 e. The van der Waals surface area contributed by atoms with Crippen molar-refractivity contribution in [2.45, 2.75) is 13.3 Å². The molecule has 0 atom stereocenters. The number of hydrogen-bond donors (Lipinski definition) is 2. The number of benzene rings is 2. The van der Waals surface area contributed by atoms with Crippen LogP contribution in [0.3, 0.4) is 0 Å². The van der Waals surface area contributed by atoms with Crippen LogP contribution in [-0.4, -0.2) is 11.5 Å². The highest BCUT2D eigenvalue weighted by molar-refractivity contribution is 7.08. The molecule has 6 heteroatoms. The van der Waals surface area contributed by atoms with Crippen molar-refractivity contribution in [3.05, 3.63) is 85.5 Å². The van der Waals surface area contributed by atoms with E-state index >= 15 is 0 Å². The number of aryl methyl sites for hydroxylation is 1. The zero-order chi connectivity index (χ0) is 19.7. The summed E-state index contributed by atoms with van der Waals surface area (Å²) in [5.41, 5.74) is 5.15. The number of H-pyrrole nitrogens is 1. The Hall–Kier alpha value is -2.63. The van der Waals surface area contributed by atoms with Gasteiger partial charge in [-0.3, -0.25) is 4.79 Å². The summed E-state index contributed by atoms with van der Waals surface area (Å²) < 4.78 is 13.9. The first-order chi connectivity index (χ1) is 13.5. The van der Waals surface area contributed by atoms with E-state index in [1.165, 1.54) is 17.2 Å². The number of thiophene rings is 1. The second kappa shape index (κ2) is 7.78. The Balaban J connectivity index is 1.51. The van der Waals surface area contributed by atoms with Gasteiger partial charge in [0.2, 0.25) is 0 Å². The van der Waals surface area contributed by atoms with Crippen LogP contribution in [-0.2, 0) is 6.42 Å². The van der Waals surface area contributed by atoms with Crippen molar-refractivity contribution in [1.82, 2.24) is 4.98 Å². The lowest BCUT2D eigenvalue weighted by Crippen LogP contribution is -2.16. The van der Waals surface area contributed by atoms with Crippen LogP contribution >= 0.6 is 22.9 Å². The fourth-order valence-electron chi connectivity index (χ4n) is 3.27. The van der Waals surface area contributed by atoms with Crippen molar-refractivity contribution in [2.24, 2.45) is 0 Å². The zero-order valence-corrected chi connectivity index (χ0v) is 16.8. The van der Waals surface area contributed by atoms with Gasteiger partial charge in [0.1, 0.15) is 5.82 Å². The Morgan fingerprint density at radius 1 is 1.18 bits per heavy atom. The molecule has 28 heavy (non-hydrogen) atoms. The van der Waals surface area contributed by atoms with Crippen molar-refractivity contribution in [3.63, 3.8) is 0 Å². The molecule has 0 unspecified atom stereocenters. The number of halogens is 2. The predicted octanol–water partition coefficient (Wildman–Crippen LogP) is 6.01. The molecule has 2 heterocycles. The van der Waals surface area contributed by atoms with Crippen molar-refractivity contribution >= 4 is 39.5 Å². The molecule has 4 aromatic rings. The smallest absolute Gasteiger partial charge is 0.251 e. The lowest BCUT2D eigenvalue weighted by atomic mass is 10.0. The lowest BCUT2D eigenvalue weighted by molar-refractivity contribution is 0.636. The Labute approximate surface area is 170 Å². The summed E-state index contributed by atoms with van der Waals surface area (Å²) in [6.07, 6.45) is 0.515. The third-order valence-corrected chi connectivity index (χ3v) is 5.78. The minimum absolute atomic E-state index is 0.185. The Bertz CT molecular complexity index is 1210. The molecule has 0 aliphatic carbocycles. The summed E-state index contributed by atoms with van der Waals surface area (Å²) in [5, 5.41) is 8.54. The van der Waals surface area contributed by atoms with E-state index in [2.05, 4.69) is 40.1 Å². The van der Waals surface area contributed by atoms with Gasteiger partial charge in [-0.2, -0.15) is 11.3 Å². The maximum atomic E-state index is 13.9. The van der Waals surface area contributed by atoms with Gasteiger partial charge in [0.15, 0.2) is 0 Å². The van der Waals surface area contributed by atoms with Crippen LogP contribution in [0.1, 0.15) is 11.1 Å². The molecule has 0 bridgehead atoms. The Morgan fingerprint density at radius 2 is 2.04 bits per heavy atom. The summed E-state index contributed by atoms with van der Waals surface area (Å²) in [7, 11) is 0. The van der Waals surface area contributed by atoms with E-state index in [9.17, 15) is 9.18 Å². The van der Waals surface area contributed by atoms with E-state index in [4.69, 9.17) is 11.6 Å². The monoisotopic (exact) mass is 412 g/mol. The topological polar surface area (TPSA) is 44.9 Å². The summed E-state index contributed by atoms with van der Waals surface area (Å²) >= 11 is 7.62. The van der Waals surface area contributed by atoms with Crippen LogP contribution in [0.5, 0.6) is 0 Å². The van der Waals surface area contributed by atoms with Gasteiger partial charge in [-0.25, -0.2) is 4.39 Å². The van der Waals surface area contributed by atoms with Crippen molar-refractivity contribution < 1.29 is 4.39 Å². The molecule has 0 aliphatic rings. The third kappa shape index (κ3) is 3.81. The first-order valence-electron chi connectivity index (χ1n) is 8.89. The molecule has 142 valence electrons. The highest BCUT2D eigenvalue weighted by atomic mass is 35.5. The minimum atomic E-state index is -0.523. The molecule has 0 radical (unpaired) electrons. The van der Waals surface area contributed by atoms with E-state index in [1.54, 1.807) is 23.5 Å². The van der Waals surface area contributed by atoms with Gasteiger partial charge >= 0.3 is 0 Å². The van der Waals surface area contributed by atoms with Gasteiger partial charge in [0.05, 0.1) is 5.52 Å². The van der Waals surface area contributed by atoms with Crippen LogP contribution in [0.4, 0.5) is 10.1 Å². The molecule has 4 rings (SSSR count). The van der Waals surface area contributed by atoms with Gasteiger partial charge in [-0.05, 0) is 71.1 Å². The zero-order valence-electron chi connectivity index (χ0n) is 15.2. The molecular weight excluding hydrogens is 395 g/mol. The van der Waals surface area contributed by atoms with Crippen LogP contribution < -0.4 is 10.9 Å². The molecule has 2 N–H and O–H groups in total. The quantitative estimate of drug-likeness (QED) is 0.421. The van der Waals surface area contributed by atoms with Crippen molar-refractivity contribution in [2.75, 3.05) is 11.9 Å². The average molecular weight is 413 g/mol. The number of anilines is 1. The van der Waals surface area contributed by atoms with Crippen molar-refractivity contribution in [3.8, 4) is 11.1 Å². The fourth-order valence-corrected chi connectivity index (χ4v) is 4.34. The molecule has 0 saturated heterocycles. The van der Waals surface area contributed by atoms with Gasteiger partial charge < -0.3 is 10.3 Å².